The first-order chi connectivity index (χ1) is 18.5. The fourth-order valence-electron chi connectivity index (χ4n) is 5.55. The van der Waals surface area contributed by atoms with Crippen LogP contribution in [0.3, 0.4) is 0 Å². The van der Waals surface area contributed by atoms with Crippen LogP contribution in [0.2, 0.25) is 0 Å². The second kappa shape index (κ2) is 10.4. The number of aromatic nitrogens is 2. The Morgan fingerprint density at radius 1 is 1.03 bits per heavy atom. The summed E-state index contributed by atoms with van der Waals surface area (Å²) in [4.78, 5) is 48.0. The Kier molecular flexibility index (Phi) is 7.09. The molecule has 9 nitrogen and oxygen atoms in total. The first kappa shape index (κ1) is 26.7. The molecule has 2 saturated heterocycles. The highest BCUT2D eigenvalue weighted by atomic mass is 16.6. The number of nitrogens with one attached hydrogen (secondary N) is 1. The average molecular weight is 532 g/mol. The summed E-state index contributed by atoms with van der Waals surface area (Å²) in [5, 5.41) is 3.36. The van der Waals surface area contributed by atoms with Crippen LogP contribution in [-0.2, 0) is 16.1 Å². The zero-order chi connectivity index (χ0) is 27.9. The van der Waals surface area contributed by atoms with Crippen LogP contribution in [0.1, 0.15) is 34.6 Å². The molecule has 0 aliphatic carbocycles. The second-order valence-corrected chi connectivity index (χ2v) is 11.9. The van der Waals surface area contributed by atoms with E-state index in [0.29, 0.717) is 41.7 Å². The normalized spacial score (nSPS) is 19.0. The monoisotopic (exact) mass is 531 g/mol. The number of anilines is 1. The number of likely N-dealkylation sites (tertiary alicyclic amines) is 1. The Morgan fingerprint density at radius 2 is 1.69 bits per heavy atom. The van der Waals surface area contributed by atoms with Crippen LogP contribution >= 0.6 is 0 Å². The summed E-state index contributed by atoms with van der Waals surface area (Å²) in [5.74, 6) is 0.938. The largest absolute Gasteiger partial charge is 0.444 e. The number of carbonyl (C=O) groups excluding carboxylic acids is 2. The summed E-state index contributed by atoms with van der Waals surface area (Å²) >= 11 is 0. The van der Waals surface area contributed by atoms with Gasteiger partial charge in [-0.3, -0.25) is 14.2 Å². The number of rotatable bonds is 5. The lowest BCUT2D eigenvalue weighted by molar-refractivity contribution is -0.122. The van der Waals surface area contributed by atoms with Gasteiger partial charge in [0.2, 0.25) is 5.91 Å². The molecule has 0 spiro atoms. The molecule has 9 heteroatoms. The number of hydrogen-bond donors (Lipinski definition) is 1. The van der Waals surface area contributed by atoms with Gasteiger partial charge in [-0.05, 0) is 52.8 Å². The van der Waals surface area contributed by atoms with Crippen molar-refractivity contribution in [2.24, 2.45) is 11.8 Å². The molecule has 2 fully saturated rings. The van der Waals surface area contributed by atoms with E-state index in [1.165, 1.54) is 4.57 Å². The first-order valence-electron chi connectivity index (χ1n) is 13.6. The Bertz CT molecular complexity index is 1430. The molecule has 39 heavy (non-hydrogen) atoms. The van der Waals surface area contributed by atoms with Gasteiger partial charge >= 0.3 is 6.09 Å². The van der Waals surface area contributed by atoms with Crippen LogP contribution < -0.4 is 15.8 Å². The molecule has 3 heterocycles. The van der Waals surface area contributed by atoms with E-state index in [-0.39, 0.29) is 30.1 Å². The number of ether oxygens (including phenoxy) is 1. The molecule has 2 atom stereocenters. The van der Waals surface area contributed by atoms with Crippen LogP contribution in [0.25, 0.3) is 22.3 Å². The third kappa shape index (κ3) is 5.77. The van der Waals surface area contributed by atoms with E-state index >= 15 is 0 Å². The zero-order valence-corrected chi connectivity index (χ0v) is 23.3. The molecule has 0 radical (unpaired) electrons. The van der Waals surface area contributed by atoms with Gasteiger partial charge in [-0.1, -0.05) is 30.3 Å². The molecule has 206 valence electrons. The third-order valence-corrected chi connectivity index (χ3v) is 7.22. The number of nitrogens with zero attached hydrogens (tertiary/aromatic N) is 4. The van der Waals surface area contributed by atoms with Crippen molar-refractivity contribution >= 4 is 28.6 Å². The van der Waals surface area contributed by atoms with E-state index in [9.17, 15) is 14.4 Å². The van der Waals surface area contributed by atoms with Crippen molar-refractivity contribution in [1.29, 1.82) is 0 Å². The van der Waals surface area contributed by atoms with Crippen molar-refractivity contribution in [3.63, 3.8) is 0 Å². The Labute approximate surface area is 228 Å². The maximum Gasteiger partial charge on any atom is 0.410 e. The predicted octanol–water partition coefficient (Wildman–Crippen LogP) is 3.89. The van der Waals surface area contributed by atoms with E-state index in [1.807, 2.05) is 88.0 Å². The van der Waals surface area contributed by atoms with Crippen molar-refractivity contribution in [2.75, 3.05) is 31.1 Å². The maximum atomic E-state index is 13.8. The van der Waals surface area contributed by atoms with Gasteiger partial charge in [0.1, 0.15) is 18.0 Å². The summed E-state index contributed by atoms with van der Waals surface area (Å²) < 4.78 is 7.03. The molecule has 2 aromatic carbocycles. The van der Waals surface area contributed by atoms with Gasteiger partial charge in [0.25, 0.3) is 5.56 Å². The molecule has 2 aliphatic heterocycles. The van der Waals surface area contributed by atoms with Gasteiger partial charge in [-0.2, -0.15) is 0 Å². The number of fused-ring (bicyclic) bond motifs is 2. The summed E-state index contributed by atoms with van der Waals surface area (Å²) in [6.07, 6.45) is -0.253. The van der Waals surface area contributed by atoms with Crippen LogP contribution in [-0.4, -0.2) is 64.3 Å². The second-order valence-electron chi connectivity index (χ2n) is 11.9. The number of benzene rings is 2. The Morgan fingerprint density at radius 3 is 2.31 bits per heavy atom. The SMILES string of the molecule is CC(C)NC(=O)Cn1c(-c2ccccc2)nc2ccc(N3CC4CN(C(=O)OC(C)(C)C)CC4C3)cc2c1=O. The van der Waals surface area contributed by atoms with Crippen molar-refractivity contribution in [3.8, 4) is 11.4 Å². The average Bonchev–Trinajstić information content (AvgIpc) is 3.44. The van der Waals surface area contributed by atoms with Crippen LogP contribution in [0.5, 0.6) is 0 Å². The lowest BCUT2D eigenvalue weighted by Gasteiger charge is -2.26. The molecule has 0 saturated carbocycles. The van der Waals surface area contributed by atoms with Gasteiger partial charge in [0.15, 0.2) is 0 Å². The van der Waals surface area contributed by atoms with Crippen LogP contribution in [0, 0.1) is 11.8 Å². The number of amides is 2. The fourth-order valence-corrected chi connectivity index (χ4v) is 5.55. The van der Waals surface area contributed by atoms with Crippen molar-refractivity contribution < 1.29 is 14.3 Å². The van der Waals surface area contributed by atoms with Gasteiger partial charge in [0.05, 0.1) is 10.9 Å². The molecule has 3 aromatic rings. The summed E-state index contributed by atoms with van der Waals surface area (Å²) in [6, 6.07) is 15.2. The van der Waals surface area contributed by atoms with Gasteiger partial charge < -0.3 is 19.9 Å². The van der Waals surface area contributed by atoms with Crippen molar-refractivity contribution in [1.82, 2.24) is 19.8 Å². The summed E-state index contributed by atoms with van der Waals surface area (Å²) in [7, 11) is 0. The minimum atomic E-state index is -0.511. The van der Waals surface area contributed by atoms with E-state index in [2.05, 4.69) is 10.2 Å². The molecule has 2 unspecified atom stereocenters. The molecule has 2 aliphatic rings. The van der Waals surface area contributed by atoms with Crippen molar-refractivity contribution in [3.05, 3.63) is 58.9 Å². The first-order valence-corrected chi connectivity index (χ1v) is 13.6. The molecular weight excluding hydrogens is 494 g/mol. The van der Waals surface area contributed by atoms with Gasteiger partial charge in [-0.15, -0.1) is 0 Å². The number of hydrogen-bond acceptors (Lipinski definition) is 6. The lowest BCUT2D eigenvalue weighted by atomic mass is 10.0. The highest BCUT2D eigenvalue weighted by Crippen LogP contribution is 2.35. The highest BCUT2D eigenvalue weighted by molar-refractivity contribution is 5.85. The molecule has 5 rings (SSSR count). The van der Waals surface area contributed by atoms with E-state index in [4.69, 9.17) is 9.72 Å². The van der Waals surface area contributed by atoms with E-state index < -0.39 is 5.60 Å². The van der Waals surface area contributed by atoms with E-state index in [0.717, 1.165) is 24.3 Å². The molecule has 2 amide bonds. The predicted molar refractivity (Wildman–Crippen MR) is 152 cm³/mol. The summed E-state index contributed by atoms with van der Waals surface area (Å²) in [6.45, 7) is 12.3. The smallest absolute Gasteiger partial charge is 0.410 e. The summed E-state index contributed by atoms with van der Waals surface area (Å²) in [5.41, 5.74) is 1.57. The van der Waals surface area contributed by atoms with E-state index in [1.54, 1.807) is 0 Å². The maximum absolute atomic E-state index is 13.8. The zero-order valence-electron chi connectivity index (χ0n) is 23.3. The molecule has 1 aromatic heterocycles. The van der Waals surface area contributed by atoms with Crippen molar-refractivity contribution in [2.45, 2.75) is 52.8 Å². The Hall–Kier alpha value is -3.88. The van der Waals surface area contributed by atoms with Crippen LogP contribution in [0.15, 0.2) is 53.3 Å². The standard InChI is InChI=1S/C30H37N5O4/c1-19(2)31-26(36)18-35-27(20-9-7-6-8-10-20)32-25-12-11-23(13-24(25)28(35)37)33-14-21-16-34(17-22(21)15-33)29(38)39-30(3,4)5/h6-13,19,21-22H,14-18H2,1-5H3,(H,31,36). The fraction of sp³-hybridized carbons (Fsp3) is 0.467. The van der Waals surface area contributed by atoms with Gasteiger partial charge in [0, 0.05) is 55.3 Å². The minimum Gasteiger partial charge on any atom is -0.444 e. The number of carbonyl (C=O) groups is 2. The molecular formula is C30H37N5O4. The third-order valence-electron chi connectivity index (χ3n) is 7.22. The lowest BCUT2D eigenvalue weighted by Crippen LogP contribution is -2.37. The van der Waals surface area contributed by atoms with Gasteiger partial charge in [-0.25, -0.2) is 9.78 Å². The molecule has 0 bridgehead atoms. The minimum absolute atomic E-state index is 0.0331. The highest BCUT2D eigenvalue weighted by Gasteiger charge is 2.42. The Balaban J connectivity index is 1.42. The quantitative estimate of drug-likeness (QED) is 0.537. The topological polar surface area (TPSA) is 96.8 Å². The molecule has 1 N–H and O–H groups in total. The van der Waals surface area contributed by atoms with Crippen LogP contribution in [0.4, 0.5) is 10.5 Å².